The van der Waals surface area contributed by atoms with Gasteiger partial charge in [-0.2, -0.15) is 0 Å². The van der Waals surface area contributed by atoms with Gasteiger partial charge in [-0.15, -0.1) is 0 Å². The first-order chi connectivity index (χ1) is 11.9. The van der Waals surface area contributed by atoms with Crippen LogP contribution in [0.2, 0.25) is 0 Å². The van der Waals surface area contributed by atoms with Crippen LogP contribution in [0.5, 0.6) is 0 Å². The van der Waals surface area contributed by atoms with E-state index in [1.807, 2.05) is 0 Å². The highest BCUT2D eigenvalue weighted by Gasteiger charge is 2.12. The Hall–Kier alpha value is -1.08. The summed E-state index contributed by atoms with van der Waals surface area (Å²) in [6.07, 6.45) is 3.51. The molecular weight excluding hydrogens is 368 g/mol. The lowest BCUT2D eigenvalue weighted by atomic mass is 9.86. The van der Waals surface area contributed by atoms with E-state index in [-0.39, 0.29) is 0 Å². The van der Waals surface area contributed by atoms with Crippen LogP contribution in [0, 0.1) is 11.8 Å². The van der Waals surface area contributed by atoms with E-state index in [2.05, 4.69) is 106 Å². The summed E-state index contributed by atoms with van der Waals surface area (Å²) in [5.41, 5.74) is 4.31. The van der Waals surface area contributed by atoms with Gasteiger partial charge in [-0.25, -0.2) is 0 Å². The van der Waals surface area contributed by atoms with Crippen molar-refractivity contribution in [3.05, 3.63) is 69.7 Å². The average molecular weight is 403 g/mol. The van der Waals surface area contributed by atoms with Gasteiger partial charge in [0.15, 0.2) is 0 Å². The second-order valence-electron chi connectivity index (χ2n) is 7.55. The van der Waals surface area contributed by atoms with Crippen molar-refractivity contribution in [2.45, 2.75) is 66.7 Å². The van der Waals surface area contributed by atoms with Gasteiger partial charge in [0.25, 0.3) is 0 Å². The second-order valence-corrected chi connectivity index (χ2v) is 8.40. The molecule has 1 heteroatoms. The fraction of sp³-hybridized carbons (Fsp3) is 0.500. The zero-order chi connectivity index (χ0) is 18.8. The van der Waals surface area contributed by atoms with Crippen LogP contribution in [-0.2, 0) is 12.8 Å². The summed E-state index contributed by atoms with van der Waals surface area (Å²) in [6.45, 7) is 13.5. The summed E-state index contributed by atoms with van der Waals surface area (Å²) in [6, 6.07) is 17.5. The van der Waals surface area contributed by atoms with Crippen molar-refractivity contribution >= 4 is 15.9 Å². The number of halogens is 1. The largest absolute Gasteiger partial charge is 0.0648 e. The molecule has 0 bridgehead atoms. The zero-order valence-electron chi connectivity index (χ0n) is 16.9. The molecule has 0 fully saturated rings. The van der Waals surface area contributed by atoms with Crippen LogP contribution in [0.25, 0.3) is 0 Å². The highest BCUT2D eigenvalue weighted by molar-refractivity contribution is 9.10. The molecule has 2 rings (SSSR count). The SMILES string of the molecule is CCC(c1ccccc1)C(C)C.CCc1ccc(CC(C)C)cc1Br. The van der Waals surface area contributed by atoms with Gasteiger partial charge in [0, 0.05) is 4.47 Å². The predicted octanol–water partition coefficient (Wildman–Crippen LogP) is 8.05. The Bertz CT molecular complexity index is 599. The first kappa shape index (κ1) is 22.0. The Morgan fingerprint density at radius 1 is 0.880 bits per heavy atom. The lowest BCUT2D eigenvalue weighted by molar-refractivity contribution is 0.485. The molecule has 0 aliphatic rings. The lowest BCUT2D eigenvalue weighted by Gasteiger charge is -2.18. The molecule has 25 heavy (non-hydrogen) atoms. The Kier molecular flexibility index (Phi) is 10.1. The third kappa shape index (κ3) is 7.77. The molecule has 2 aromatic carbocycles. The van der Waals surface area contributed by atoms with Gasteiger partial charge in [-0.3, -0.25) is 0 Å². The second kappa shape index (κ2) is 11.5. The fourth-order valence-corrected chi connectivity index (χ4v) is 3.97. The van der Waals surface area contributed by atoms with Crippen molar-refractivity contribution in [3.8, 4) is 0 Å². The van der Waals surface area contributed by atoms with Crippen molar-refractivity contribution in [2.24, 2.45) is 11.8 Å². The zero-order valence-corrected chi connectivity index (χ0v) is 18.4. The molecule has 0 spiro atoms. The van der Waals surface area contributed by atoms with Crippen LogP contribution in [0.1, 0.15) is 70.6 Å². The quantitative estimate of drug-likeness (QED) is 0.458. The highest BCUT2D eigenvalue weighted by Crippen LogP contribution is 2.26. The van der Waals surface area contributed by atoms with Crippen molar-refractivity contribution in [1.29, 1.82) is 0 Å². The van der Waals surface area contributed by atoms with Gasteiger partial charge in [-0.1, -0.05) is 99.9 Å². The maximum absolute atomic E-state index is 3.60. The molecule has 2 aromatic rings. The predicted molar refractivity (Wildman–Crippen MR) is 116 cm³/mol. The monoisotopic (exact) mass is 402 g/mol. The minimum Gasteiger partial charge on any atom is -0.0648 e. The molecule has 0 aromatic heterocycles. The number of hydrogen-bond acceptors (Lipinski definition) is 0. The van der Waals surface area contributed by atoms with E-state index >= 15 is 0 Å². The summed E-state index contributed by atoms with van der Waals surface area (Å²) in [5.74, 6) is 2.21. The normalized spacial score (nSPS) is 12.0. The summed E-state index contributed by atoms with van der Waals surface area (Å²) in [7, 11) is 0. The molecule has 0 aliphatic heterocycles. The molecule has 0 saturated carbocycles. The Balaban J connectivity index is 0.000000251. The van der Waals surface area contributed by atoms with Gasteiger partial charge in [0.05, 0.1) is 0 Å². The van der Waals surface area contributed by atoms with Gasteiger partial charge in [0.2, 0.25) is 0 Å². The van der Waals surface area contributed by atoms with Crippen LogP contribution in [-0.4, -0.2) is 0 Å². The van der Waals surface area contributed by atoms with Crippen molar-refractivity contribution in [1.82, 2.24) is 0 Å². The summed E-state index contributed by atoms with van der Waals surface area (Å²) in [5, 5.41) is 0. The van der Waals surface area contributed by atoms with Crippen LogP contribution in [0.15, 0.2) is 53.0 Å². The third-order valence-corrected chi connectivity index (χ3v) is 5.35. The summed E-state index contributed by atoms with van der Waals surface area (Å²) >= 11 is 3.60. The van der Waals surface area contributed by atoms with Gasteiger partial charge < -0.3 is 0 Å². The minimum absolute atomic E-state index is 0.728. The first-order valence-corrected chi connectivity index (χ1v) is 10.5. The van der Waals surface area contributed by atoms with E-state index in [1.165, 1.54) is 34.0 Å². The molecule has 0 radical (unpaired) electrons. The number of benzene rings is 2. The number of hydrogen-bond donors (Lipinski definition) is 0. The molecule has 1 unspecified atom stereocenters. The summed E-state index contributed by atoms with van der Waals surface area (Å²) < 4.78 is 1.26. The van der Waals surface area contributed by atoms with E-state index in [4.69, 9.17) is 0 Å². The van der Waals surface area contributed by atoms with E-state index in [1.54, 1.807) is 0 Å². The van der Waals surface area contributed by atoms with Crippen molar-refractivity contribution < 1.29 is 0 Å². The van der Waals surface area contributed by atoms with Crippen LogP contribution < -0.4 is 0 Å². The van der Waals surface area contributed by atoms with Crippen molar-refractivity contribution in [2.75, 3.05) is 0 Å². The Morgan fingerprint density at radius 2 is 1.52 bits per heavy atom. The summed E-state index contributed by atoms with van der Waals surface area (Å²) in [4.78, 5) is 0. The molecule has 0 saturated heterocycles. The van der Waals surface area contributed by atoms with Crippen LogP contribution in [0.3, 0.4) is 0 Å². The molecule has 0 aliphatic carbocycles. The van der Waals surface area contributed by atoms with Crippen LogP contribution >= 0.6 is 15.9 Å². The van der Waals surface area contributed by atoms with Crippen LogP contribution in [0.4, 0.5) is 0 Å². The molecule has 0 amide bonds. The number of rotatable bonds is 6. The molecular formula is C24H35Br. The molecule has 1 atom stereocenters. The van der Waals surface area contributed by atoms with Gasteiger partial charge in [-0.05, 0) is 59.8 Å². The molecule has 138 valence electrons. The third-order valence-electron chi connectivity index (χ3n) is 4.61. The average Bonchev–Trinajstić information content (AvgIpc) is 2.56. The van der Waals surface area contributed by atoms with E-state index in [0.29, 0.717) is 0 Å². The maximum Gasteiger partial charge on any atom is 0.0209 e. The Morgan fingerprint density at radius 3 is 1.96 bits per heavy atom. The minimum atomic E-state index is 0.728. The van der Waals surface area contributed by atoms with Gasteiger partial charge >= 0.3 is 0 Å². The lowest BCUT2D eigenvalue weighted by Crippen LogP contribution is -2.04. The van der Waals surface area contributed by atoms with Gasteiger partial charge in [0.1, 0.15) is 0 Å². The first-order valence-electron chi connectivity index (χ1n) is 9.71. The van der Waals surface area contributed by atoms with E-state index in [9.17, 15) is 0 Å². The number of aryl methyl sites for hydroxylation is 1. The van der Waals surface area contributed by atoms with E-state index in [0.717, 1.165) is 24.2 Å². The standard InChI is InChI=1S/C12H17Br.C12H18/c1-4-11-6-5-10(7-9(2)3)8-12(11)13;1-4-12(10(2)3)11-8-6-5-7-9-11/h5-6,8-9H,4,7H2,1-3H3;5-10,12H,4H2,1-3H3. The maximum atomic E-state index is 3.60. The van der Waals surface area contributed by atoms with Crippen molar-refractivity contribution in [3.63, 3.8) is 0 Å². The molecule has 0 N–H and O–H groups in total. The fourth-order valence-electron chi connectivity index (χ4n) is 3.27. The molecule has 0 heterocycles. The Labute approximate surface area is 164 Å². The smallest absolute Gasteiger partial charge is 0.0209 e. The van der Waals surface area contributed by atoms with E-state index < -0.39 is 0 Å². The molecule has 0 nitrogen and oxygen atoms in total. The highest BCUT2D eigenvalue weighted by atomic mass is 79.9. The topological polar surface area (TPSA) is 0 Å².